The van der Waals surface area contributed by atoms with Crippen LogP contribution in [0.25, 0.3) is 10.2 Å². The van der Waals surface area contributed by atoms with Crippen LogP contribution in [0.5, 0.6) is 5.75 Å². The van der Waals surface area contributed by atoms with Crippen molar-refractivity contribution in [3.8, 4) is 5.75 Å². The molecule has 0 saturated heterocycles. The zero-order valence-electron chi connectivity index (χ0n) is 17.2. The van der Waals surface area contributed by atoms with E-state index < -0.39 is 0 Å². The molecule has 4 rings (SSSR count). The van der Waals surface area contributed by atoms with Gasteiger partial charge in [0.25, 0.3) is 5.56 Å². The maximum atomic E-state index is 12.9. The summed E-state index contributed by atoms with van der Waals surface area (Å²) in [5.41, 5.74) is 2.03. The summed E-state index contributed by atoms with van der Waals surface area (Å²) in [6.07, 6.45) is 5.52. The summed E-state index contributed by atoms with van der Waals surface area (Å²) in [4.78, 5) is 32.1. The van der Waals surface area contributed by atoms with Crippen molar-refractivity contribution in [2.75, 3.05) is 18.2 Å². The number of aryl methyl sites for hydroxylation is 2. The van der Waals surface area contributed by atoms with Crippen molar-refractivity contribution in [3.63, 3.8) is 0 Å². The average Bonchev–Trinajstić information content (AvgIpc) is 3.13. The number of methoxy groups -OCH3 is 1. The zero-order valence-corrected chi connectivity index (χ0v) is 18.8. The molecule has 1 aromatic carbocycles. The fourth-order valence-corrected chi connectivity index (χ4v) is 5.90. The molecule has 0 atom stereocenters. The van der Waals surface area contributed by atoms with Gasteiger partial charge in [0.1, 0.15) is 10.6 Å². The summed E-state index contributed by atoms with van der Waals surface area (Å²) >= 11 is 3.21. The molecule has 0 radical (unpaired) electrons. The van der Waals surface area contributed by atoms with Gasteiger partial charge < -0.3 is 10.1 Å². The second kappa shape index (κ2) is 9.22. The first-order valence-corrected chi connectivity index (χ1v) is 11.9. The lowest BCUT2D eigenvalue weighted by Crippen LogP contribution is -2.20. The van der Waals surface area contributed by atoms with Gasteiger partial charge in [-0.1, -0.05) is 11.8 Å². The Morgan fingerprint density at radius 3 is 2.80 bits per heavy atom. The second-order valence-corrected chi connectivity index (χ2v) is 9.52. The number of rotatable bonds is 7. The summed E-state index contributed by atoms with van der Waals surface area (Å²) in [6.45, 7) is 0. The third kappa shape index (κ3) is 4.39. The Balaban J connectivity index is 1.35. The predicted molar refractivity (Wildman–Crippen MR) is 123 cm³/mol. The molecule has 0 bridgehead atoms. The number of ether oxygens (including phenoxy) is 1. The molecule has 30 heavy (non-hydrogen) atoms. The number of carbonyl (C=O) groups is 1. The Morgan fingerprint density at radius 1 is 1.27 bits per heavy atom. The number of carbonyl (C=O) groups excluding carboxylic acids is 1. The Bertz CT molecular complexity index is 1120. The minimum absolute atomic E-state index is 0.0241. The van der Waals surface area contributed by atoms with Gasteiger partial charge in [0, 0.05) is 29.8 Å². The van der Waals surface area contributed by atoms with Gasteiger partial charge in [0.2, 0.25) is 5.91 Å². The van der Waals surface area contributed by atoms with Gasteiger partial charge in [-0.3, -0.25) is 14.2 Å². The zero-order chi connectivity index (χ0) is 21.1. The number of nitrogens with one attached hydrogen (secondary N) is 1. The molecule has 8 heteroatoms. The molecule has 1 amide bonds. The predicted octanol–water partition coefficient (Wildman–Crippen LogP) is 4.39. The first kappa shape index (κ1) is 20.9. The average molecular weight is 444 g/mol. The number of thioether (sulfide) groups is 1. The number of aromatic nitrogens is 2. The molecule has 2 aromatic heterocycles. The molecule has 0 unspecified atom stereocenters. The standard InChI is InChI=1S/C22H25N3O3S2/c1-25-21(27)19-16-6-3-4-7-17(16)30-20(19)24-22(25)29-13-5-8-18(26)23-14-9-11-15(28-2)12-10-14/h9-12H,3-8,13H2,1-2H3,(H,23,26). The lowest BCUT2D eigenvalue weighted by atomic mass is 9.97. The van der Waals surface area contributed by atoms with Crippen LogP contribution in [-0.2, 0) is 24.7 Å². The van der Waals surface area contributed by atoms with Crippen LogP contribution in [0.2, 0.25) is 0 Å². The Hall–Kier alpha value is -2.32. The third-order valence-corrected chi connectivity index (χ3v) is 7.61. The quantitative estimate of drug-likeness (QED) is 0.333. The highest BCUT2D eigenvalue weighted by atomic mass is 32.2. The number of anilines is 1. The molecule has 0 spiro atoms. The second-order valence-electron chi connectivity index (χ2n) is 7.38. The molecule has 3 aromatic rings. The number of thiophene rings is 1. The van der Waals surface area contributed by atoms with Crippen molar-refractivity contribution in [1.82, 2.24) is 9.55 Å². The lowest BCUT2D eigenvalue weighted by Gasteiger charge is -2.11. The molecular formula is C22H25N3O3S2. The van der Waals surface area contributed by atoms with Crippen LogP contribution in [0, 0.1) is 0 Å². The third-order valence-electron chi connectivity index (χ3n) is 5.31. The summed E-state index contributed by atoms with van der Waals surface area (Å²) < 4.78 is 6.78. The Morgan fingerprint density at radius 2 is 2.03 bits per heavy atom. The van der Waals surface area contributed by atoms with Crippen LogP contribution in [-0.4, -0.2) is 28.3 Å². The van der Waals surface area contributed by atoms with Crippen LogP contribution in [0.4, 0.5) is 5.69 Å². The maximum absolute atomic E-state index is 12.9. The van der Waals surface area contributed by atoms with E-state index in [1.807, 2.05) is 24.3 Å². The smallest absolute Gasteiger partial charge is 0.262 e. The summed E-state index contributed by atoms with van der Waals surface area (Å²) in [5, 5.41) is 4.44. The van der Waals surface area contributed by atoms with Crippen molar-refractivity contribution in [3.05, 3.63) is 45.1 Å². The molecule has 2 heterocycles. The Labute approximate surface area is 183 Å². The highest BCUT2D eigenvalue weighted by molar-refractivity contribution is 7.99. The maximum Gasteiger partial charge on any atom is 0.262 e. The molecule has 1 aliphatic rings. The van der Waals surface area contributed by atoms with Crippen LogP contribution in [0.15, 0.2) is 34.2 Å². The van der Waals surface area contributed by atoms with Crippen LogP contribution >= 0.6 is 23.1 Å². The fraction of sp³-hybridized carbons (Fsp3) is 0.409. The normalized spacial score (nSPS) is 13.3. The van der Waals surface area contributed by atoms with Crippen LogP contribution in [0.1, 0.15) is 36.1 Å². The van der Waals surface area contributed by atoms with Crippen molar-refractivity contribution < 1.29 is 9.53 Å². The van der Waals surface area contributed by atoms with Crippen molar-refractivity contribution in [2.24, 2.45) is 7.05 Å². The van der Waals surface area contributed by atoms with E-state index in [4.69, 9.17) is 9.72 Å². The lowest BCUT2D eigenvalue weighted by molar-refractivity contribution is -0.116. The number of hydrogen-bond donors (Lipinski definition) is 1. The molecule has 6 nitrogen and oxygen atoms in total. The first-order chi connectivity index (χ1) is 14.6. The van der Waals surface area contributed by atoms with E-state index >= 15 is 0 Å². The minimum Gasteiger partial charge on any atom is -0.497 e. The highest BCUT2D eigenvalue weighted by Crippen LogP contribution is 2.34. The van der Waals surface area contributed by atoms with Gasteiger partial charge in [-0.15, -0.1) is 11.3 Å². The summed E-state index contributed by atoms with van der Waals surface area (Å²) in [6, 6.07) is 7.27. The number of benzene rings is 1. The van der Waals surface area contributed by atoms with Crippen molar-refractivity contribution >= 4 is 44.9 Å². The van der Waals surface area contributed by atoms with E-state index in [9.17, 15) is 9.59 Å². The van der Waals surface area contributed by atoms with E-state index in [1.165, 1.54) is 28.6 Å². The van der Waals surface area contributed by atoms with Gasteiger partial charge in [-0.2, -0.15) is 0 Å². The molecule has 1 N–H and O–H groups in total. The number of amides is 1. The largest absolute Gasteiger partial charge is 0.497 e. The SMILES string of the molecule is COc1ccc(NC(=O)CCCSc2nc3sc4c(c3c(=O)n2C)CCCC4)cc1. The van der Waals surface area contributed by atoms with E-state index in [0.29, 0.717) is 12.8 Å². The van der Waals surface area contributed by atoms with Gasteiger partial charge >= 0.3 is 0 Å². The molecule has 1 aliphatic carbocycles. The van der Waals surface area contributed by atoms with Gasteiger partial charge in [-0.25, -0.2) is 4.98 Å². The topological polar surface area (TPSA) is 73.2 Å². The van der Waals surface area contributed by atoms with Gasteiger partial charge in [-0.05, 0) is 61.9 Å². The molecule has 0 saturated carbocycles. The van der Waals surface area contributed by atoms with E-state index in [-0.39, 0.29) is 11.5 Å². The first-order valence-electron chi connectivity index (χ1n) is 10.1. The molecular weight excluding hydrogens is 418 g/mol. The van der Waals surface area contributed by atoms with Crippen molar-refractivity contribution in [1.29, 1.82) is 0 Å². The fourth-order valence-electron chi connectivity index (χ4n) is 3.69. The number of hydrogen-bond acceptors (Lipinski definition) is 6. The summed E-state index contributed by atoms with van der Waals surface area (Å²) in [5.74, 6) is 1.46. The van der Waals surface area contributed by atoms with E-state index in [1.54, 1.807) is 30.1 Å². The Kier molecular flexibility index (Phi) is 6.43. The monoisotopic (exact) mass is 443 g/mol. The number of fused-ring (bicyclic) bond motifs is 3. The van der Waals surface area contributed by atoms with Gasteiger partial charge in [0.15, 0.2) is 5.16 Å². The van der Waals surface area contributed by atoms with Gasteiger partial charge in [0.05, 0.1) is 12.5 Å². The molecule has 158 valence electrons. The van der Waals surface area contributed by atoms with Crippen LogP contribution in [0.3, 0.4) is 0 Å². The molecule has 0 fully saturated rings. The molecule has 0 aliphatic heterocycles. The highest BCUT2D eigenvalue weighted by Gasteiger charge is 2.21. The van der Waals surface area contributed by atoms with Crippen molar-refractivity contribution in [2.45, 2.75) is 43.7 Å². The van der Waals surface area contributed by atoms with E-state index in [0.717, 1.165) is 51.8 Å². The van der Waals surface area contributed by atoms with E-state index in [2.05, 4.69) is 5.32 Å². The number of nitrogens with zero attached hydrogens (tertiary/aromatic N) is 2. The minimum atomic E-state index is -0.0241. The summed E-state index contributed by atoms with van der Waals surface area (Å²) in [7, 11) is 3.40. The van der Waals surface area contributed by atoms with Crippen LogP contribution < -0.4 is 15.6 Å².